The van der Waals surface area contributed by atoms with Crippen LogP contribution in [0.5, 0.6) is 0 Å². The second-order valence-corrected chi connectivity index (χ2v) is 30.2. The predicted molar refractivity (Wildman–Crippen MR) is 409 cm³/mol. The number of urea groups is 6. The third-order valence-electron chi connectivity index (χ3n) is 16.2. The van der Waals surface area contributed by atoms with E-state index < -0.39 is 70.3 Å². The monoisotopic (exact) mass is 1500 g/mol. The molecule has 106 heavy (non-hydrogen) atoms. The maximum Gasteiger partial charge on any atom is 0.417 e. The lowest BCUT2D eigenvalue weighted by molar-refractivity contribution is -0.140. The Bertz CT molecular complexity index is 2640. The van der Waals surface area contributed by atoms with Crippen molar-refractivity contribution in [2.24, 2.45) is 0 Å². The van der Waals surface area contributed by atoms with Crippen LogP contribution in [-0.2, 0) is 47.6 Å². The molecule has 0 aliphatic carbocycles. The summed E-state index contributed by atoms with van der Waals surface area (Å²) in [5.74, 6) is -2.12. The molecule has 0 heterocycles. The number of imide groups is 2. The molecule has 0 rings (SSSR count). The zero-order valence-corrected chi connectivity index (χ0v) is 67.3. The van der Waals surface area contributed by atoms with Crippen LogP contribution in [0.15, 0.2) is 48.6 Å². The summed E-state index contributed by atoms with van der Waals surface area (Å²) >= 11 is 0. The van der Waals surface area contributed by atoms with Gasteiger partial charge in [0.05, 0.1) is 39.4 Å². The van der Waals surface area contributed by atoms with Gasteiger partial charge in [-0.05, 0) is 175 Å². The molecule has 0 aromatic heterocycles. The minimum absolute atomic E-state index is 0.00619. The van der Waals surface area contributed by atoms with Crippen LogP contribution in [0.2, 0.25) is 0 Å². The molecule has 0 atom stereocenters. The van der Waals surface area contributed by atoms with Gasteiger partial charge in [-0.3, -0.25) is 0 Å². The van der Waals surface area contributed by atoms with Gasteiger partial charge >= 0.3 is 72.3 Å². The third kappa shape index (κ3) is 44.4. The Morgan fingerprint density at radius 2 is 0.434 bits per heavy atom. The van der Waals surface area contributed by atoms with Gasteiger partial charge in [-0.2, -0.15) is 0 Å². The van der Waals surface area contributed by atoms with Crippen LogP contribution < -0.4 is 31.9 Å². The van der Waals surface area contributed by atoms with Gasteiger partial charge in [0.2, 0.25) is 0 Å². The fourth-order valence-corrected chi connectivity index (χ4v) is 10.1. The molecule has 0 saturated carbocycles. The lowest BCUT2D eigenvalue weighted by Gasteiger charge is -2.35. The number of amides is 14. The highest BCUT2D eigenvalue weighted by Crippen LogP contribution is 2.19. The molecule has 0 aromatic carbocycles. The van der Waals surface area contributed by atoms with Crippen molar-refractivity contribution in [1.82, 2.24) is 61.3 Å². The predicted octanol–water partition coefficient (Wildman–Crippen LogP) is 12.0. The van der Waals surface area contributed by atoms with Crippen molar-refractivity contribution in [1.29, 1.82) is 0 Å². The number of carbonyl (C=O) groups is 12. The molecule has 6 N–H and O–H groups in total. The van der Waals surface area contributed by atoms with Crippen LogP contribution in [0.25, 0.3) is 0 Å². The highest BCUT2D eigenvalue weighted by Gasteiger charge is 2.31. The van der Waals surface area contributed by atoms with Crippen LogP contribution in [0.4, 0.5) is 38.4 Å². The molecule has 0 aliphatic heterocycles. The Hall–Kier alpha value is -8.60. The van der Waals surface area contributed by atoms with E-state index in [4.69, 9.17) is 28.4 Å². The number of hydrogen-bond acceptors (Lipinski definition) is 18. The van der Waals surface area contributed by atoms with Crippen LogP contribution in [0.1, 0.15) is 226 Å². The highest BCUT2D eigenvalue weighted by atomic mass is 16.6. The van der Waals surface area contributed by atoms with Crippen LogP contribution in [0.3, 0.4) is 0 Å². The molecule has 30 nitrogen and oxygen atoms in total. The van der Waals surface area contributed by atoms with E-state index in [9.17, 15) is 57.5 Å². The quantitative estimate of drug-likeness (QED) is 0.0143. The average molecular weight is 1500 g/mol. The molecule has 0 radical (unpaired) electrons. The largest absolute Gasteiger partial charge is 0.460 e. The number of rotatable bonds is 49. The van der Waals surface area contributed by atoms with E-state index in [1.807, 2.05) is 83.1 Å². The summed E-state index contributed by atoms with van der Waals surface area (Å²) in [6.45, 7) is 45.8. The van der Waals surface area contributed by atoms with Gasteiger partial charge < -0.3 is 79.9 Å². The number of carbonyl (C=O) groups excluding carboxylic acids is 12. The second kappa shape index (κ2) is 52.4. The molecular formula is C76H134N12O18. The average Bonchev–Trinajstić information content (AvgIpc) is 0.879. The summed E-state index contributed by atoms with van der Waals surface area (Å²) in [6, 6.07) is -2.49. The van der Waals surface area contributed by atoms with Crippen molar-refractivity contribution in [3.8, 4) is 0 Å². The van der Waals surface area contributed by atoms with Crippen molar-refractivity contribution in [3.63, 3.8) is 0 Å². The lowest BCUT2D eigenvalue weighted by Crippen LogP contribution is -2.52. The molecule has 0 spiro atoms. The molecule has 0 aromatic rings. The SMILES string of the molecule is C=C(C)C(=O)OCCN(C(=O)NCCCCCCNC(=O)N(CCCCCCNC(=O)N(CCOC(=O)C(=C)C)C(C)(C)C)C(=O)OCCCCOC(=O)N(CCCCCCNC(=O)N(CCOC(=O)C(=C)C)C(C)(C)C)C(=O)NCCCCCCNC(=O)N(CCOC(=O)C(=C)C)C(C)(C)C)C(C)(C)C. The molecule has 0 fully saturated rings. The van der Waals surface area contributed by atoms with Gasteiger partial charge in [-0.1, -0.05) is 77.7 Å². The van der Waals surface area contributed by atoms with E-state index in [2.05, 4.69) is 58.2 Å². The molecule has 0 bridgehead atoms. The van der Waals surface area contributed by atoms with E-state index in [0.717, 1.165) is 22.6 Å². The highest BCUT2D eigenvalue weighted by molar-refractivity contribution is 5.92. The Morgan fingerprint density at radius 3 is 0.623 bits per heavy atom. The van der Waals surface area contributed by atoms with Gasteiger partial charge in [0, 0.05) is 96.8 Å². The van der Waals surface area contributed by atoms with Gasteiger partial charge in [0.25, 0.3) is 0 Å². The summed E-state index contributed by atoms with van der Waals surface area (Å²) in [7, 11) is 0. The number of esters is 4. The van der Waals surface area contributed by atoms with Crippen LogP contribution >= 0.6 is 0 Å². The zero-order chi connectivity index (χ0) is 80.6. The number of nitrogens with zero attached hydrogens (tertiary/aromatic N) is 6. The van der Waals surface area contributed by atoms with E-state index in [1.54, 1.807) is 47.3 Å². The Kier molecular flexibility index (Phi) is 48.1. The van der Waals surface area contributed by atoms with Crippen LogP contribution in [0, 0.1) is 0 Å². The maximum atomic E-state index is 13.7. The first-order valence-electron chi connectivity index (χ1n) is 37.5. The Labute approximate surface area is 632 Å². The Balaban J connectivity index is 5.89. The number of unbranched alkanes of at least 4 members (excludes halogenated alkanes) is 13. The first kappa shape index (κ1) is 97.4. The fraction of sp³-hybridized carbons (Fsp3) is 0.737. The Morgan fingerprint density at radius 1 is 0.245 bits per heavy atom. The second-order valence-electron chi connectivity index (χ2n) is 30.2. The third-order valence-corrected chi connectivity index (χ3v) is 16.2. The molecule has 30 heteroatoms. The first-order valence-corrected chi connectivity index (χ1v) is 37.5. The molecular weight excluding hydrogens is 1370 g/mol. The standard InChI is InChI=1S/C76H134N12O18/c1-57(2)61(89)101-53-47-85(73(9,10)11)67(95)79-41-31-23-21-29-39-77-65(93)83(45-35-27-25-33-43-81-69(97)87(75(15,16)17)49-55-103-63(91)59(5)6)71(99)105-51-37-38-52-106-72(100)84(46-36-28-26-34-44-82-70(98)88(76(18,19)20)50-56-104-64(92)60(7)8)66(94)78-40-30-22-24-32-42-80-68(96)86(74(12,13)14)48-54-102-62(90)58(3)4/h1,3,5,7,21-56H2,2,4,6,8-20H3,(H,77,93)(H,78,94)(H,79,95)(H,80,96)(H,81,97)(H,82,98). The van der Waals surface area contributed by atoms with E-state index in [0.29, 0.717) is 116 Å². The summed E-state index contributed by atoms with van der Waals surface area (Å²) in [4.78, 5) is 163. The van der Waals surface area contributed by atoms with Crippen LogP contribution in [-0.4, -0.2) is 242 Å². The van der Waals surface area contributed by atoms with E-state index in [-0.39, 0.29) is 151 Å². The van der Waals surface area contributed by atoms with E-state index >= 15 is 0 Å². The molecule has 606 valence electrons. The molecule has 14 amide bonds. The number of hydrogen-bond donors (Lipinski definition) is 6. The minimum Gasteiger partial charge on any atom is -0.460 e. The fourth-order valence-electron chi connectivity index (χ4n) is 10.1. The van der Waals surface area contributed by atoms with Gasteiger partial charge in [-0.15, -0.1) is 0 Å². The minimum atomic E-state index is -0.866. The smallest absolute Gasteiger partial charge is 0.417 e. The van der Waals surface area contributed by atoms with Crippen molar-refractivity contribution >= 4 is 72.3 Å². The normalized spacial score (nSPS) is 11.3. The zero-order valence-electron chi connectivity index (χ0n) is 67.3. The maximum absolute atomic E-state index is 13.7. The first-order chi connectivity index (χ1) is 49.6. The van der Waals surface area contributed by atoms with Crippen molar-refractivity contribution < 1.29 is 86.0 Å². The summed E-state index contributed by atoms with van der Waals surface area (Å²) in [5, 5.41) is 17.4. The van der Waals surface area contributed by atoms with Gasteiger partial charge in [-0.25, -0.2) is 67.3 Å². The van der Waals surface area contributed by atoms with Crippen molar-refractivity contribution in [2.45, 2.75) is 249 Å². The molecule has 0 unspecified atom stereocenters. The summed E-state index contributed by atoms with van der Waals surface area (Å²) in [5.41, 5.74) is -1.14. The van der Waals surface area contributed by atoms with Crippen molar-refractivity contribution in [3.05, 3.63) is 48.6 Å². The molecule has 0 saturated heterocycles. The van der Waals surface area contributed by atoms with Gasteiger partial charge in [0.1, 0.15) is 26.4 Å². The van der Waals surface area contributed by atoms with Gasteiger partial charge in [0.15, 0.2) is 0 Å². The number of ether oxygens (including phenoxy) is 6. The lowest BCUT2D eigenvalue weighted by atomic mass is 10.1. The molecule has 0 aliphatic rings. The number of nitrogens with one attached hydrogen (secondary N) is 6. The van der Waals surface area contributed by atoms with E-state index in [1.165, 1.54) is 0 Å². The topological polar surface area (TPSA) is 352 Å². The summed E-state index contributed by atoms with van der Waals surface area (Å²) in [6.07, 6.45) is 8.79. The van der Waals surface area contributed by atoms with Crippen molar-refractivity contribution in [2.75, 3.05) is 118 Å². The summed E-state index contributed by atoms with van der Waals surface area (Å²) < 4.78 is 32.1.